The zero-order valence-corrected chi connectivity index (χ0v) is 11.8. The highest BCUT2D eigenvalue weighted by molar-refractivity contribution is 6.31. The number of nitrogens with zero attached hydrogens (tertiary/aromatic N) is 1. The van der Waals surface area contributed by atoms with Crippen LogP contribution in [-0.2, 0) is 11.2 Å². The number of halogens is 2. The van der Waals surface area contributed by atoms with E-state index < -0.39 is 5.97 Å². The minimum Gasteiger partial charge on any atom is -0.481 e. The van der Waals surface area contributed by atoms with Crippen LogP contribution in [0.4, 0.5) is 4.39 Å². The van der Waals surface area contributed by atoms with Crippen LogP contribution in [0.25, 0.3) is 0 Å². The van der Waals surface area contributed by atoms with Crippen LogP contribution in [-0.4, -0.2) is 34.6 Å². The molecule has 2 bridgehead atoms. The molecule has 0 saturated carbocycles. The van der Waals surface area contributed by atoms with E-state index in [-0.39, 0.29) is 17.8 Å². The molecule has 2 fully saturated rings. The van der Waals surface area contributed by atoms with Crippen LogP contribution in [0.2, 0.25) is 5.02 Å². The van der Waals surface area contributed by atoms with Gasteiger partial charge in [-0.1, -0.05) is 17.7 Å². The zero-order chi connectivity index (χ0) is 14.3. The Kier molecular flexibility index (Phi) is 3.69. The number of carboxylic acids is 1. The van der Waals surface area contributed by atoms with Gasteiger partial charge in [-0.2, -0.15) is 0 Å². The first-order valence-corrected chi connectivity index (χ1v) is 7.37. The van der Waals surface area contributed by atoms with E-state index in [4.69, 9.17) is 11.6 Å². The Balaban J connectivity index is 1.69. The minimum absolute atomic E-state index is 0.114. The summed E-state index contributed by atoms with van der Waals surface area (Å²) < 4.78 is 13.7. The van der Waals surface area contributed by atoms with Crippen LogP contribution in [0.5, 0.6) is 0 Å². The van der Waals surface area contributed by atoms with Crippen LogP contribution in [0.15, 0.2) is 18.2 Å². The number of aliphatic carboxylic acids is 1. The van der Waals surface area contributed by atoms with E-state index in [0.717, 1.165) is 19.3 Å². The SMILES string of the molecule is O=C(O)C1CC2CCC1N2CCc1c(F)cccc1Cl. The van der Waals surface area contributed by atoms with E-state index in [1.807, 2.05) is 0 Å². The third-order valence-electron chi connectivity index (χ3n) is 4.68. The van der Waals surface area contributed by atoms with Crippen molar-refractivity contribution in [3.63, 3.8) is 0 Å². The summed E-state index contributed by atoms with van der Waals surface area (Å²) in [6.07, 6.45) is 3.25. The fraction of sp³-hybridized carbons (Fsp3) is 0.533. The summed E-state index contributed by atoms with van der Waals surface area (Å²) in [5.41, 5.74) is 0.535. The Hall–Kier alpha value is -1.13. The molecule has 3 nitrogen and oxygen atoms in total. The van der Waals surface area contributed by atoms with E-state index in [9.17, 15) is 14.3 Å². The van der Waals surface area contributed by atoms with Crippen LogP contribution in [0.3, 0.4) is 0 Å². The average Bonchev–Trinajstić information content (AvgIpc) is 2.95. The molecule has 1 aromatic carbocycles. The predicted octanol–water partition coefficient (Wildman–Crippen LogP) is 2.96. The fourth-order valence-electron chi connectivity index (χ4n) is 3.73. The van der Waals surface area contributed by atoms with Crippen molar-refractivity contribution in [2.45, 2.75) is 37.8 Å². The summed E-state index contributed by atoms with van der Waals surface area (Å²) in [5, 5.41) is 9.67. The van der Waals surface area contributed by atoms with Crippen molar-refractivity contribution < 1.29 is 14.3 Å². The van der Waals surface area contributed by atoms with Crippen molar-refractivity contribution >= 4 is 17.6 Å². The summed E-state index contributed by atoms with van der Waals surface area (Å²) in [7, 11) is 0. The first kappa shape index (κ1) is 13.8. The summed E-state index contributed by atoms with van der Waals surface area (Å²) in [6, 6.07) is 5.16. The van der Waals surface area contributed by atoms with Gasteiger partial charge in [-0.3, -0.25) is 9.69 Å². The van der Waals surface area contributed by atoms with Crippen LogP contribution in [0, 0.1) is 11.7 Å². The average molecular weight is 298 g/mol. The van der Waals surface area contributed by atoms with Gasteiger partial charge in [0.15, 0.2) is 0 Å². The smallest absolute Gasteiger partial charge is 0.308 e. The number of benzene rings is 1. The van der Waals surface area contributed by atoms with E-state index in [0.29, 0.717) is 29.6 Å². The fourth-order valence-corrected chi connectivity index (χ4v) is 3.98. The Labute approximate surface area is 122 Å². The van der Waals surface area contributed by atoms with Gasteiger partial charge < -0.3 is 5.11 Å². The summed E-state index contributed by atoms with van der Waals surface area (Å²) in [4.78, 5) is 13.4. The van der Waals surface area contributed by atoms with Crippen molar-refractivity contribution in [3.8, 4) is 0 Å². The van der Waals surface area contributed by atoms with E-state index in [1.165, 1.54) is 6.07 Å². The highest BCUT2D eigenvalue weighted by atomic mass is 35.5. The lowest BCUT2D eigenvalue weighted by atomic mass is 9.89. The molecular weight excluding hydrogens is 281 g/mol. The highest BCUT2D eigenvalue weighted by Gasteiger charge is 2.48. The molecule has 0 radical (unpaired) electrons. The molecule has 3 rings (SSSR count). The van der Waals surface area contributed by atoms with Crippen molar-refractivity contribution in [2.75, 3.05) is 6.54 Å². The molecule has 0 aromatic heterocycles. The van der Waals surface area contributed by atoms with Crippen LogP contribution in [0.1, 0.15) is 24.8 Å². The molecule has 1 aromatic rings. The second-order valence-electron chi connectivity index (χ2n) is 5.67. The number of fused-ring (bicyclic) bond motifs is 2. The van der Waals surface area contributed by atoms with E-state index >= 15 is 0 Å². The quantitative estimate of drug-likeness (QED) is 0.929. The first-order chi connectivity index (χ1) is 9.58. The van der Waals surface area contributed by atoms with Gasteiger partial charge in [0.05, 0.1) is 5.92 Å². The Morgan fingerprint density at radius 1 is 1.45 bits per heavy atom. The van der Waals surface area contributed by atoms with Gasteiger partial charge in [-0.25, -0.2) is 4.39 Å². The lowest BCUT2D eigenvalue weighted by Crippen LogP contribution is -2.34. The number of hydrogen-bond acceptors (Lipinski definition) is 2. The third-order valence-corrected chi connectivity index (χ3v) is 5.03. The van der Waals surface area contributed by atoms with E-state index in [1.54, 1.807) is 12.1 Å². The van der Waals surface area contributed by atoms with E-state index in [2.05, 4.69) is 4.90 Å². The summed E-state index contributed by atoms with van der Waals surface area (Å²) in [5.74, 6) is -1.24. The summed E-state index contributed by atoms with van der Waals surface area (Å²) in [6.45, 7) is 0.680. The van der Waals surface area contributed by atoms with Gasteiger partial charge in [0.25, 0.3) is 0 Å². The molecule has 2 aliphatic heterocycles. The van der Waals surface area contributed by atoms with Gasteiger partial charge in [0.1, 0.15) is 5.82 Å². The molecule has 0 aliphatic carbocycles. The molecule has 20 heavy (non-hydrogen) atoms. The molecule has 5 heteroatoms. The molecule has 0 amide bonds. The van der Waals surface area contributed by atoms with Crippen LogP contribution < -0.4 is 0 Å². The Morgan fingerprint density at radius 3 is 2.90 bits per heavy atom. The first-order valence-electron chi connectivity index (χ1n) is 6.99. The zero-order valence-electron chi connectivity index (χ0n) is 11.1. The number of carbonyl (C=O) groups is 1. The molecule has 1 N–H and O–H groups in total. The molecule has 2 heterocycles. The van der Waals surface area contributed by atoms with Crippen molar-refractivity contribution in [1.82, 2.24) is 4.90 Å². The minimum atomic E-state index is -0.703. The van der Waals surface area contributed by atoms with Gasteiger partial charge in [-0.15, -0.1) is 0 Å². The maximum Gasteiger partial charge on any atom is 0.308 e. The predicted molar refractivity (Wildman–Crippen MR) is 74.4 cm³/mol. The molecule has 0 spiro atoms. The second-order valence-corrected chi connectivity index (χ2v) is 6.07. The normalized spacial score (nSPS) is 29.0. The maximum absolute atomic E-state index is 13.7. The molecular formula is C15H17ClFNO2. The Morgan fingerprint density at radius 2 is 2.25 bits per heavy atom. The largest absolute Gasteiger partial charge is 0.481 e. The maximum atomic E-state index is 13.7. The van der Waals surface area contributed by atoms with Crippen molar-refractivity contribution in [3.05, 3.63) is 34.6 Å². The number of carboxylic acid groups (broad SMARTS) is 1. The molecule has 2 aliphatic rings. The number of rotatable bonds is 4. The number of hydrogen-bond donors (Lipinski definition) is 1. The van der Waals surface area contributed by atoms with Crippen molar-refractivity contribution in [2.24, 2.45) is 5.92 Å². The molecule has 3 atom stereocenters. The standard InChI is InChI=1S/C15H17ClFNO2/c16-12-2-1-3-13(17)10(12)6-7-18-9-4-5-14(18)11(8-9)15(19)20/h1-3,9,11,14H,4-8H2,(H,19,20). The van der Waals surface area contributed by atoms with Gasteiger partial charge >= 0.3 is 5.97 Å². The summed E-state index contributed by atoms with van der Waals surface area (Å²) >= 11 is 6.03. The second kappa shape index (κ2) is 5.34. The lowest BCUT2D eigenvalue weighted by Gasteiger charge is -2.23. The third kappa shape index (κ3) is 2.31. The van der Waals surface area contributed by atoms with Gasteiger partial charge in [0.2, 0.25) is 0 Å². The van der Waals surface area contributed by atoms with Crippen LogP contribution >= 0.6 is 11.6 Å². The Bertz CT molecular complexity index is 516. The van der Waals surface area contributed by atoms with Gasteiger partial charge in [0, 0.05) is 29.2 Å². The topological polar surface area (TPSA) is 40.5 Å². The monoisotopic (exact) mass is 297 g/mol. The highest BCUT2D eigenvalue weighted by Crippen LogP contribution is 2.41. The lowest BCUT2D eigenvalue weighted by molar-refractivity contribution is -0.142. The van der Waals surface area contributed by atoms with Crippen molar-refractivity contribution in [1.29, 1.82) is 0 Å². The molecule has 2 saturated heterocycles. The molecule has 3 unspecified atom stereocenters. The molecule has 108 valence electrons. The van der Waals surface area contributed by atoms with Gasteiger partial charge in [-0.05, 0) is 37.8 Å².